The molecular formula is C30H32N2O6. The van der Waals surface area contributed by atoms with Crippen LogP contribution in [0.3, 0.4) is 0 Å². The first-order chi connectivity index (χ1) is 18.6. The SMILES string of the molecule is O=C(CC1C(=O)NCCN1C(=O)c1ccc(OCCOc2ccccc2)cc1)OCCCc1ccccc1. The van der Waals surface area contributed by atoms with E-state index in [2.05, 4.69) is 5.32 Å². The lowest BCUT2D eigenvalue weighted by molar-refractivity contribution is -0.147. The highest BCUT2D eigenvalue weighted by atomic mass is 16.5. The third-order valence-electron chi connectivity index (χ3n) is 6.13. The second-order valence-electron chi connectivity index (χ2n) is 8.85. The molecule has 1 saturated heterocycles. The number of carbonyl (C=O) groups is 3. The molecule has 1 unspecified atom stereocenters. The Bertz CT molecular complexity index is 1180. The first kappa shape index (κ1) is 26.7. The van der Waals surface area contributed by atoms with Crippen LogP contribution in [0.25, 0.3) is 0 Å². The van der Waals surface area contributed by atoms with E-state index in [4.69, 9.17) is 14.2 Å². The van der Waals surface area contributed by atoms with Crippen LogP contribution in [-0.2, 0) is 20.7 Å². The number of carbonyl (C=O) groups excluding carboxylic acids is 3. The Labute approximate surface area is 222 Å². The topological polar surface area (TPSA) is 94.2 Å². The highest BCUT2D eigenvalue weighted by Gasteiger charge is 2.35. The van der Waals surface area contributed by atoms with Crippen molar-refractivity contribution >= 4 is 17.8 Å². The number of hydrogen-bond acceptors (Lipinski definition) is 6. The van der Waals surface area contributed by atoms with E-state index in [9.17, 15) is 14.4 Å². The largest absolute Gasteiger partial charge is 0.490 e. The standard InChI is InChI=1S/C30H32N2O6/c33-28(38-19-7-10-23-8-3-1-4-9-23)22-27-29(34)31-17-18-32(27)30(35)24-13-15-26(16-14-24)37-21-20-36-25-11-5-2-6-12-25/h1-6,8-9,11-16,27H,7,10,17-22H2,(H,31,34). The van der Waals surface area contributed by atoms with Gasteiger partial charge in [-0.25, -0.2) is 0 Å². The summed E-state index contributed by atoms with van der Waals surface area (Å²) in [6, 6.07) is 25.2. The number of para-hydroxylation sites is 1. The van der Waals surface area contributed by atoms with E-state index in [1.54, 1.807) is 24.3 Å². The van der Waals surface area contributed by atoms with Crippen LogP contribution in [-0.4, -0.2) is 61.6 Å². The van der Waals surface area contributed by atoms with Gasteiger partial charge < -0.3 is 24.4 Å². The van der Waals surface area contributed by atoms with Crippen molar-refractivity contribution < 1.29 is 28.6 Å². The second kappa shape index (κ2) is 13.8. The Morgan fingerprint density at radius 2 is 1.45 bits per heavy atom. The minimum atomic E-state index is -0.913. The van der Waals surface area contributed by atoms with E-state index in [1.807, 2.05) is 60.7 Å². The summed E-state index contributed by atoms with van der Waals surface area (Å²) in [5.74, 6) is 0.197. The Balaban J connectivity index is 1.25. The van der Waals surface area contributed by atoms with Crippen molar-refractivity contribution in [3.8, 4) is 11.5 Å². The first-order valence-electron chi connectivity index (χ1n) is 12.8. The highest BCUT2D eigenvalue weighted by molar-refractivity contribution is 5.99. The van der Waals surface area contributed by atoms with E-state index in [-0.39, 0.29) is 24.8 Å². The van der Waals surface area contributed by atoms with Gasteiger partial charge in [0.05, 0.1) is 13.0 Å². The molecule has 3 aromatic carbocycles. The van der Waals surface area contributed by atoms with E-state index >= 15 is 0 Å². The fourth-order valence-electron chi connectivity index (χ4n) is 4.18. The number of ether oxygens (including phenoxy) is 3. The molecule has 0 aliphatic carbocycles. The zero-order chi connectivity index (χ0) is 26.6. The van der Waals surface area contributed by atoms with Gasteiger partial charge in [0.25, 0.3) is 5.91 Å². The van der Waals surface area contributed by atoms with Crippen LogP contribution >= 0.6 is 0 Å². The maximum Gasteiger partial charge on any atom is 0.308 e. The van der Waals surface area contributed by atoms with Crippen molar-refractivity contribution in [1.82, 2.24) is 10.2 Å². The quantitative estimate of drug-likeness (QED) is 0.292. The average Bonchev–Trinajstić information content (AvgIpc) is 2.96. The van der Waals surface area contributed by atoms with Gasteiger partial charge in [-0.15, -0.1) is 0 Å². The van der Waals surface area contributed by atoms with Crippen LogP contribution in [0, 0.1) is 0 Å². The Morgan fingerprint density at radius 1 is 0.816 bits per heavy atom. The summed E-state index contributed by atoms with van der Waals surface area (Å²) >= 11 is 0. The molecule has 0 aromatic heterocycles. The third kappa shape index (κ3) is 7.83. The molecule has 1 N–H and O–H groups in total. The first-order valence-corrected chi connectivity index (χ1v) is 12.8. The predicted molar refractivity (Wildman–Crippen MR) is 142 cm³/mol. The molecule has 198 valence electrons. The number of rotatable bonds is 12. The monoisotopic (exact) mass is 516 g/mol. The fraction of sp³-hybridized carbons (Fsp3) is 0.300. The normalized spacial score (nSPS) is 14.9. The fourth-order valence-corrected chi connectivity index (χ4v) is 4.18. The van der Waals surface area contributed by atoms with Crippen molar-refractivity contribution in [1.29, 1.82) is 0 Å². The molecule has 1 aliphatic rings. The van der Waals surface area contributed by atoms with E-state index in [0.717, 1.165) is 12.2 Å². The molecule has 0 saturated carbocycles. The minimum Gasteiger partial charge on any atom is -0.490 e. The van der Waals surface area contributed by atoms with E-state index in [0.29, 0.717) is 44.0 Å². The Kier molecular flexibility index (Phi) is 9.73. The molecule has 0 spiro atoms. The van der Waals surface area contributed by atoms with Gasteiger partial charge in [0, 0.05) is 18.7 Å². The Morgan fingerprint density at radius 3 is 2.13 bits per heavy atom. The van der Waals surface area contributed by atoms with Gasteiger partial charge >= 0.3 is 5.97 Å². The van der Waals surface area contributed by atoms with E-state index < -0.39 is 12.0 Å². The van der Waals surface area contributed by atoms with Crippen LogP contribution in [0.2, 0.25) is 0 Å². The molecule has 1 atom stereocenters. The predicted octanol–water partition coefficient (Wildman–Crippen LogP) is 3.65. The molecule has 0 bridgehead atoms. The highest BCUT2D eigenvalue weighted by Crippen LogP contribution is 2.18. The lowest BCUT2D eigenvalue weighted by atomic mass is 10.1. The van der Waals surface area contributed by atoms with Gasteiger partial charge in [0.15, 0.2) is 0 Å². The smallest absolute Gasteiger partial charge is 0.308 e. The van der Waals surface area contributed by atoms with Crippen molar-refractivity contribution in [2.75, 3.05) is 32.9 Å². The van der Waals surface area contributed by atoms with Crippen molar-refractivity contribution in [3.63, 3.8) is 0 Å². The number of esters is 1. The summed E-state index contributed by atoms with van der Waals surface area (Å²) in [7, 11) is 0. The van der Waals surface area contributed by atoms with Gasteiger partial charge in [-0.05, 0) is 54.8 Å². The second-order valence-corrected chi connectivity index (χ2v) is 8.85. The van der Waals surface area contributed by atoms with Crippen LogP contribution < -0.4 is 14.8 Å². The molecule has 38 heavy (non-hydrogen) atoms. The maximum absolute atomic E-state index is 13.2. The zero-order valence-electron chi connectivity index (χ0n) is 21.2. The number of piperazine rings is 1. The molecule has 1 fully saturated rings. The molecular weight excluding hydrogens is 484 g/mol. The zero-order valence-corrected chi connectivity index (χ0v) is 21.2. The molecule has 8 heteroatoms. The minimum absolute atomic E-state index is 0.189. The molecule has 3 aromatic rings. The van der Waals surface area contributed by atoms with Gasteiger partial charge in [0.2, 0.25) is 5.91 Å². The molecule has 4 rings (SSSR count). The van der Waals surface area contributed by atoms with Crippen molar-refractivity contribution in [3.05, 3.63) is 96.1 Å². The number of aryl methyl sites for hydroxylation is 1. The number of amides is 2. The van der Waals surface area contributed by atoms with Crippen LogP contribution in [0.1, 0.15) is 28.8 Å². The summed E-state index contributed by atoms with van der Waals surface area (Å²) in [5.41, 5.74) is 1.58. The number of nitrogens with zero attached hydrogens (tertiary/aromatic N) is 1. The molecule has 0 radical (unpaired) electrons. The summed E-state index contributed by atoms with van der Waals surface area (Å²) in [6.45, 7) is 1.64. The molecule has 1 aliphatic heterocycles. The summed E-state index contributed by atoms with van der Waals surface area (Å²) in [5, 5.41) is 2.74. The van der Waals surface area contributed by atoms with Gasteiger partial charge in [-0.3, -0.25) is 14.4 Å². The van der Waals surface area contributed by atoms with E-state index in [1.165, 1.54) is 10.5 Å². The van der Waals surface area contributed by atoms with Gasteiger partial charge in [-0.1, -0.05) is 48.5 Å². The lowest BCUT2D eigenvalue weighted by Crippen LogP contribution is -2.57. The molecule has 2 amide bonds. The maximum atomic E-state index is 13.2. The number of benzene rings is 3. The van der Waals surface area contributed by atoms with Crippen LogP contribution in [0.15, 0.2) is 84.9 Å². The summed E-state index contributed by atoms with van der Waals surface area (Å²) < 4.78 is 16.7. The molecule has 1 heterocycles. The molecule has 8 nitrogen and oxygen atoms in total. The van der Waals surface area contributed by atoms with Gasteiger partial charge in [-0.2, -0.15) is 0 Å². The van der Waals surface area contributed by atoms with Crippen LogP contribution in [0.4, 0.5) is 0 Å². The van der Waals surface area contributed by atoms with Crippen molar-refractivity contribution in [2.24, 2.45) is 0 Å². The average molecular weight is 517 g/mol. The summed E-state index contributed by atoms with van der Waals surface area (Å²) in [6.07, 6.45) is 1.29. The Hall–Kier alpha value is -4.33. The van der Waals surface area contributed by atoms with Crippen LogP contribution in [0.5, 0.6) is 11.5 Å². The van der Waals surface area contributed by atoms with Gasteiger partial charge in [0.1, 0.15) is 30.8 Å². The van der Waals surface area contributed by atoms with Crippen molar-refractivity contribution in [2.45, 2.75) is 25.3 Å². The lowest BCUT2D eigenvalue weighted by Gasteiger charge is -2.34. The number of nitrogens with one attached hydrogen (secondary N) is 1. The third-order valence-corrected chi connectivity index (χ3v) is 6.13. The summed E-state index contributed by atoms with van der Waals surface area (Å²) in [4.78, 5) is 39.7. The number of hydrogen-bond donors (Lipinski definition) is 1.